The van der Waals surface area contributed by atoms with E-state index in [1.54, 1.807) is 20.3 Å². The predicted octanol–water partition coefficient (Wildman–Crippen LogP) is 4.25. The molecule has 0 heterocycles. The van der Waals surface area contributed by atoms with E-state index in [1.807, 2.05) is 24.3 Å². The average Bonchev–Trinajstić information content (AvgIpc) is 2.63. The van der Waals surface area contributed by atoms with Gasteiger partial charge < -0.3 is 18.9 Å². The molecule has 0 fully saturated rings. The molecule has 2 aromatic rings. The lowest BCUT2D eigenvalue weighted by Crippen LogP contribution is -2.02. The van der Waals surface area contributed by atoms with Crippen molar-refractivity contribution in [3.05, 3.63) is 59.2 Å². The van der Waals surface area contributed by atoms with Crippen molar-refractivity contribution in [3.63, 3.8) is 0 Å². The van der Waals surface area contributed by atoms with Gasteiger partial charge in [0.1, 0.15) is 11.5 Å². The molecule has 4 nitrogen and oxygen atoms in total. The molecule has 5 heteroatoms. The second-order valence-corrected chi connectivity index (χ2v) is 5.39. The molecular weight excluding hydrogens is 324 g/mol. The van der Waals surface area contributed by atoms with Gasteiger partial charge in [-0.05, 0) is 28.8 Å². The van der Waals surface area contributed by atoms with Gasteiger partial charge in [-0.3, -0.25) is 0 Å². The van der Waals surface area contributed by atoms with Crippen molar-refractivity contribution < 1.29 is 18.9 Å². The third-order valence-electron chi connectivity index (χ3n) is 3.22. The SMILES string of the molecule is COCOc1cc(/C=C/c2ccc(CS)cc2)cc(OCOC)c1. The Labute approximate surface area is 148 Å². The molecule has 0 aliphatic heterocycles. The van der Waals surface area contributed by atoms with E-state index in [4.69, 9.17) is 18.9 Å². The number of rotatable bonds is 9. The summed E-state index contributed by atoms with van der Waals surface area (Å²) in [6.07, 6.45) is 4.05. The molecule has 2 aromatic carbocycles. The summed E-state index contributed by atoms with van der Waals surface area (Å²) in [5, 5.41) is 0. The van der Waals surface area contributed by atoms with Crippen LogP contribution in [0.2, 0.25) is 0 Å². The molecule has 0 atom stereocenters. The Balaban J connectivity index is 2.17. The Morgan fingerprint density at radius 1 is 0.792 bits per heavy atom. The van der Waals surface area contributed by atoms with Crippen LogP contribution >= 0.6 is 12.6 Å². The van der Waals surface area contributed by atoms with Crippen molar-refractivity contribution in [3.8, 4) is 11.5 Å². The number of hydrogen-bond donors (Lipinski definition) is 1. The van der Waals surface area contributed by atoms with Gasteiger partial charge in [-0.25, -0.2) is 0 Å². The van der Waals surface area contributed by atoms with Crippen LogP contribution in [0.25, 0.3) is 12.2 Å². The van der Waals surface area contributed by atoms with E-state index < -0.39 is 0 Å². The normalized spacial score (nSPS) is 11.0. The maximum Gasteiger partial charge on any atom is 0.188 e. The molecule has 2 rings (SSSR count). The minimum atomic E-state index is 0.183. The topological polar surface area (TPSA) is 36.9 Å². The number of methoxy groups -OCH3 is 2. The maximum atomic E-state index is 5.51. The van der Waals surface area contributed by atoms with Gasteiger partial charge in [0.25, 0.3) is 0 Å². The first-order valence-corrected chi connectivity index (χ1v) is 8.15. The Morgan fingerprint density at radius 3 is 1.83 bits per heavy atom. The van der Waals surface area contributed by atoms with Gasteiger partial charge in [-0.2, -0.15) is 12.6 Å². The molecular formula is C19H22O4S. The van der Waals surface area contributed by atoms with Crippen LogP contribution in [0.15, 0.2) is 42.5 Å². The highest BCUT2D eigenvalue weighted by molar-refractivity contribution is 7.79. The van der Waals surface area contributed by atoms with Gasteiger partial charge in [0.05, 0.1) is 0 Å². The first-order valence-electron chi connectivity index (χ1n) is 7.51. The van der Waals surface area contributed by atoms with Crippen molar-refractivity contribution in [2.24, 2.45) is 0 Å². The highest BCUT2D eigenvalue weighted by Crippen LogP contribution is 2.24. The van der Waals surface area contributed by atoms with Crippen LogP contribution in [-0.4, -0.2) is 27.8 Å². The highest BCUT2D eigenvalue weighted by atomic mass is 32.1. The molecule has 0 bridgehead atoms. The molecule has 0 aromatic heterocycles. The molecule has 24 heavy (non-hydrogen) atoms. The van der Waals surface area contributed by atoms with Gasteiger partial charge >= 0.3 is 0 Å². The fourth-order valence-electron chi connectivity index (χ4n) is 2.04. The van der Waals surface area contributed by atoms with E-state index in [0.717, 1.165) is 16.9 Å². The van der Waals surface area contributed by atoms with E-state index in [2.05, 4.69) is 36.9 Å². The summed E-state index contributed by atoms with van der Waals surface area (Å²) in [6, 6.07) is 13.9. The summed E-state index contributed by atoms with van der Waals surface area (Å²) >= 11 is 4.27. The second-order valence-electron chi connectivity index (χ2n) is 5.07. The first-order chi connectivity index (χ1) is 11.7. The summed E-state index contributed by atoms with van der Waals surface area (Å²) < 4.78 is 20.9. The zero-order valence-corrected chi connectivity index (χ0v) is 14.8. The average molecular weight is 346 g/mol. The van der Waals surface area contributed by atoms with Crippen LogP contribution in [0.1, 0.15) is 16.7 Å². The standard InChI is InChI=1S/C19H22O4S/c1-20-13-22-18-9-17(10-19(11-18)23-14-21-2)8-5-15-3-6-16(12-24)7-4-15/h3-11,24H,12-14H2,1-2H3/b8-5+. The van der Waals surface area contributed by atoms with E-state index >= 15 is 0 Å². The highest BCUT2D eigenvalue weighted by Gasteiger charge is 2.02. The molecule has 0 radical (unpaired) electrons. The van der Waals surface area contributed by atoms with Gasteiger partial charge in [-0.15, -0.1) is 0 Å². The Kier molecular flexibility index (Phi) is 7.68. The molecule has 128 valence electrons. The van der Waals surface area contributed by atoms with Gasteiger partial charge in [0, 0.05) is 26.0 Å². The molecule has 0 aliphatic carbocycles. The van der Waals surface area contributed by atoms with Gasteiger partial charge in [0.2, 0.25) is 0 Å². The van der Waals surface area contributed by atoms with E-state index in [0.29, 0.717) is 11.5 Å². The van der Waals surface area contributed by atoms with Crippen molar-refractivity contribution in [2.75, 3.05) is 27.8 Å². The maximum absolute atomic E-state index is 5.51. The number of hydrogen-bond acceptors (Lipinski definition) is 5. The van der Waals surface area contributed by atoms with E-state index in [-0.39, 0.29) is 13.6 Å². The lowest BCUT2D eigenvalue weighted by atomic mass is 10.1. The molecule has 0 unspecified atom stereocenters. The fourth-order valence-corrected chi connectivity index (χ4v) is 2.25. The third-order valence-corrected chi connectivity index (χ3v) is 3.58. The fraction of sp³-hybridized carbons (Fsp3) is 0.263. The minimum Gasteiger partial charge on any atom is -0.467 e. The van der Waals surface area contributed by atoms with Crippen molar-refractivity contribution in [1.29, 1.82) is 0 Å². The lowest BCUT2D eigenvalue weighted by molar-refractivity contribution is 0.0460. The molecule has 0 aliphatic rings. The zero-order valence-electron chi connectivity index (χ0n) is 13.9. The second kappa shape index (κ2) is 10.0. The lowest BCUT2D eigenvalue weighted by Gasteiger charge is -2.10. The van der Waals surface area contributed by atoms with Crippen molar-refractivity contribution in [2.45, 2.75) is 5.75 Å². The van der Waals surface area contributed by atoms with Crippen LogP contribution in [0, 0.1) is 0 Å². The van der Waals surface area contributed by atoms with Crippen molar-refractivity contribution >= 4 is 24.8 Å². The predicted molar refractivity (Wildman–Crippen MR) is 99.5 cm³/mol. The van der Waals surface area contributed by atoms with Crippen molar-refractivity contribution in [1.82, 2.24) is 0 Å². The van der Waals surface area contributed by atoms with Crippen LogP contribution in [0.3, 0.4) is 0 Å². The van der Waals surface area contributed by atoms with Crippen LogP contribution < -0.4 is 9.47 Å². The number of ether oxygens (including phenoxy) is 4. The summed E-state index contributed by atoms with van der Waals surface area (Å²) in [7, 11) is 3.17. The van der Waals surface area contributed by atoms with Gasteiger partial charge in [-0.1, -0.05) is 36.4 Å². The first kappa shape index (κ1) is 18.4. The quantitative estimate of drug-likeness (QED) is 0.418. The summed E-state index contributed by atoms with van der Waals surface area (Å²) in [5.74, 6) is 2.09. The minimum absolute atomic E-state index is 0.183. The van der Waals surface area contributed by atoms with Gasteiger partial charge in [0.15, 0.2) is 13.6 Å². The molecule has 0 saturated carbocycles. The monoisotopic (exact) mass is 346 g/mol. The van der Waals surface area contributed by atoms with E-state index in [9.17, 15) is 0 Å². The summed E-state index contributed by atoms with van der Waals surface area (Å²) in [5.41, 5.74) is 3.27. The van der Waals surface area contributed by atoms with Crippen LogP contribution in [0.4, 0.5) is 0 Å². The third kappa shape index (κ3) is 5.92. The molecule has 0 saturated heterocycles. The van der Waals surface area contributed by atoms with Crippen LogP contribution in [-0.2, 0) is 15.2 Å². The summed E-state index contributed by atoms with van der Waals surface area (Å²) in [6.45, 7) is 0.365. The molecule has 0 N–H and O–H groups in total. The smallest absolute Gasteiger partial charge is 0.188 e. The summed E-state index contributed by atoms with van der Waals surface area (Å²) in [4.78, 5) is 0. The zero-order chi connectivity index (χ0) is 17.2. The Bertz CT molecular complexity index is 627. The number of thiol groups is 1. The van der Waals surface area contributed by atoms with E-state index in [1.165, 1.54) is 5.56 Å². The van der Waals surface area contributed by atoms with Crippen LogP contribution in [0.5, 0.6) is 11.5 Å². The molecule has 0 spiro atoms. The largest absolute Gasteiger partial charge is 0.467 e. The Hall–Kier alpha value is -1.95. The number of benzene rings is 2. The Morgan fingerprint density at radius 2 is 1.33 bits per heavy atom. The molecule has 0 amide bonds.